The van der Waals surface area contributed by atoms with Crippen molar-refractivity contribution in [1.29, 1.82) is 0 Å². The molecule has 1 aliphatic rings. The molecule has 4 nitrogen and oxygen atoms in total. The highest BCUT2D eigenvalue weighted by Gasteiger charge is 2.29. The fourth-order valence-corrected chi connectivity index (χ4v) is 3.86. The molecule has 1 fully saturated rings. The molecule has 0 radical (unpaired) electrons. The summed E-state index contributed by atoms with van der Waals surface area (Å²) in [5, 5.41) is 3.35. The summed E-state index contributed by atoms with van der Waals surface area (Å²) in [5.41, 5.74) is 1.55. The molecular formula is C22H26ClFN2O2. The first-order valence-corrected chi connectivity index (χ1v) is 10.0. The number of morpholine rings is 1. The van der Waals surface area contributed by atoms with Crippen LogP contribution in [0.2, 0.25) is 5.02 Å². The Morgan fingerprint density at radius 2 is 2.07 bits per heavy atom. The van der Waals surface area contributed by atoms with E-state index in [9.17, 15) is 9.18 Å². The van der Waals surface area contributed by atoms with E-state index in [4.69, 9.17) is 16.3 Å². The number of amides is 1. The van der Waals surface area contributed by atoms with Crippen molar-refractivity contribution < 1.29 is 13.9 Å². The van der Waals surface area contributed by atoms with E-state index in [1.165, 1.54) is 6.07 Å². The lowest BCUT2D eigenvalue weighted by molar-refractivity contribution is -0.121. The van der Waals surface area contributed by atoms with Crippen LogP contribution >= 0.6 is 11.6 Å². The number of nitrogens with zero attached hydrogens (tertiary/aromatic N) is 1. The van der Waals surface area contributed by atoms with E-state index in [1.807, 2.05) is 37.3 Å². The van der Waals surface area contributed by atoms with Crippen LogP contribution in [0.25, 0.3) is 0 Å². The van der Waals surface area contributed by atoms with Crippen LogP contribution in [0.5, 0.6) is 0 Å². The maximum Gasteiger partial charge on any atom is 0.220 e. The molecule has 1 saturated heterocycles. The topological polar surface area (TPSA) is 41.6 Å². The van der Waals surface area contributed by atoms with E-state index in [0.29, 0.717) is 49.7 Å². The van der Waals surface area contributed by atoms with Crippen LogP contribution in [0, 0.1) is 5.82 Å². The third-order valence-electron chi connectivity index (χ3n) is 5.02. The molecule has 0 saturated carbocycles. The molecule has 1 aliphatic heterocycles. The lowest BCUT2D eigenvalue weighted by Gasteiger charge is -2.38. The van der Waals surface area contributed by atoms with Gasteiger partial charge in [-0.15, -0.1) is 0 Å². The largest absolute Gasteiger partial charge is 0.376 e. The molecule has 1 N–H and O–H groups in total. The molecule has 1 amide bonds. The Labute approximate surface area is 170 Å². The Kier molecular flexibility index (Phi) is 7.43. The van der Waals surface area contributed by atoms with Crippen molar-refractivity contribution in [3.8, 4) is 0 Å². The molecule has 3 rings (SSSR count). The Morgan fingerprint density at radius 3 is 2.79 bits per heavy atom. The Balaban J connectivity index is 1.68. The molecule has 6 heteroatoms. The van der Waals surface area contributed by atoms with Crippen LogP contribution in [-0.2, 0) is 16.0 Å². The van der Waals surface area contributed by atoms with E-state index < -0.39 is 0 Å². The fraction of sp³-hybridized carbons (Fsp3) is 0.409. The molecule has 2 unspecified atom stereocenters. The van der Waals surface area contributed by atoms with E-state index in [1.54, 1.807) is 12.1 Å². The number of rotatable bonds is 7. The van der Waals surface area contributed by atoms with Gasteiger partial charge in [-0.3, -0.25) is 9.69 Å². The van der Waals surface area contributed by atoms with Crippen LogP contribution in [0.3, 0.4) is 0 Å². The summed E-state index contributed by atoms with van der Waals surface area (Å²) in [6, 6.07) is 14.2. The minimum absolute atomic E-state index is 0.0515. The molecule has 0 aromatic heterocycles. The quantitative estimate of drug-likeness (QED) is 0.758. The number of aryl methyl sites for hydroxylation is 1. The molecule has 0 spiro atoms. The van der Waals surface area contributed by atoms with Gasteiger partial charge < -0.3 is 10.1 Å². The summed E-state index contributed by atoms with van der Waals surface area (Å²) in [6.07, 6.45) is 1.11. The van der Waals surface area contributed by atoms with Gasteiger partial charge in [0.05, 0.1) is 18.8 Å². The highest BCUT2D eigenvalue weighted by atomic mass is 35.5. The van der Waals surface area contributed by atoms with Crippen LogP contribution < -0.4 is 5.32 Å². The summed E-state index contributed by atoms with van der Waals surface area (Å²) < 4.78 is 20.2. The van der Waals surface area contributed by atoms with Gasteiger partial charge in [0.15, 0.2) is 0 Å². The van der Waals surface area contributed by atoms with Gasteiger partial charge in [0.2, 0.25) is 5.91 Å². The van der Waals surface area contributed by atoms with E-state index in [-0.39, 0.29) is 23.9 Å². The number of ether oxygens (including phenoxy) is 1. The van der Waals surface area contributed by atoms with Crippen molar-refractivity contribution in [1.82, 2.24) is 10.2 Å². The molecule has 2 atom stereocenters. The molecule has 2 aromatic rings. The Bertz CT molecular complexity index is 767. The molecule has 1 heterocycles. The number of carbonyl (C=O) groups is 1. The van der Waals surface area contributed by atoms with Gasteiger partial charge in [0.1, 0.15) is 5.82 Å². The molecular weight excluding hydrogens is 379 g/mol. The minimum atomic E-state index is -0.352. The normalized spacial score (nSPS) is 18.6. The molecule has 0 aliphatic carbocycles. The third-order valence-corrected chi connectivity index (χ3v) is 5.35. The summed E-state index contributed by atoms with van der Waals surface area (Å²) in [4.78, 5) is 14.5. The summed E-state index contributed by atoms with van der Waals surface area (Å²) >= 11 is 6.33. The second kappa shape index (κ2) is 10.0. The van der Waals surface area contributed by atoms with Crippen LogP contribution in [0.4, 0.5) is 4.39 Å². The number of hydrogen-bond donors (Lipinski definition) is 1. The number of benzene rings is 2. The summed E-state index contributed by atoms with van der Waals surface area (Å²) in [7, 11) is 0. The van der Waals surface area contributed by atoms with E-state index in [0.717, 1.165) is 5.56 Å². The van der Waals surface area contributed by atoms with Crippen molar-refractivity contribution >= 4 is 17.5 Å². The van der Waals surface area contributed by atoms with E-state index >= 15 is 0 Å². The minimum Gasteiger partial charge on any atom is -0.376 e. The Hall–Kier alpha value is -1.95. The van der Waals surface area contributed by atoms with Gasteiger partial charge in [-0.2, -0.15) is 0 Å². The maximum absolute atomic E-state index is 14.6. The van der Waals surface area contributed by atoms with Crippen LogP contribution in [-0.4, -0.2) is 43.2 Å². The highest BCUT2D eigenvalue weighted by Crippen LogP contribution is 2.31. The number of carbonyl (C=O) groups excluding carboxylic acids is 1. The van der Waals surface area contributed by atoms with Crippen molar-refractivity contribution in [2.75, 3.05) is 26.2 Å². The van der Waals surface area contributed by atoms with Gasteiger partial charge in [-0.1, -0.05) is 48.0 Å². The van der Waals surface area contributed by atoms with Crippen molar-refractivity contribution in [2.24, 2.45) is 0 Å². The average molecular weight is 405 g/mol. The van der Waals surface area contributed by atoms with Gasteiger partial charge in [0, 0.05) is 36.6 Å². The van der Waals surface area contributed by atoms with Gasteiger partial charge >= 0.3 is 0 Å². The first-order valence-electron chi connectivity index (χ1n) is 9.65. The van der Waals surface area contributed by atoms with Gasteiger partial charge in [-0.05, 0) is 31.0 Å². The van der Waals surface area contributed by atoms with Crippen LogP contribution in [0.15, 0.2) is 48.5 Å². The summed E-state index contributed by atoms with van der Waals surface area (Å²) in [5.74, 6) is -0.405. The zero-order valence-electron chi connectivity index (χ0n) is 16.0. The molecule has 0 bridgehead atoms. The predicted molar refractivity (Wildman–Crippen MR) is 109 cm³/mol. The first kappa shape index (κ1) is 20.8. The molecule has 28 heavy (non-hydrogen) atoms. The highest BCUT2D eigenvalue weighted by molar-refractivity contribution is 6.31. The van der Waals surface area contributed by atoms with Crippen LogP contribution in [0.1, 0.15) is 30.5 Å². The predicted octanol–water partition coefficient (Wildman–Crippen LogP) is 3.99. The lowest BCUT2D eigenvalue weighted by atomic mass is 10.0. The zero-order valence-corrected chi connectivity index (χ0v) is 16.8. The second-order valence-electron chi connectivity index (χ2n) is 7.12. The number of halogens is 2. The SMILES string of the molecule is CC1CN(C(CNC(=O)CCc2ccccc2)c2c(F)cccc2Cl)CCO1. The first-order chi connectivity index (χ1) is 13.5. The fourth-order valence-electron chi connectivity index (χ4n) is 3.57. The lowest BCUT2D eigenvalue weighted by Crippen LogP contribution is -2.47. The van der Waals surface area contributed by atoms with Gasteiger partial charge in [0.25, 0.3) is 0 Å². The molecule has 150 valence electrons. The standard InChI is InChI=1S/C22H26ClFN2O2/c1-16-15-26(12-13-28-16)20(22-18(23)8-5-9-19(22)24)14-25-21(27)11-10-17-6-3-2-4-7-17/h2-9,16,20H,10-15H2,1H3,(H,25,27). The molecule has 2 aromatic carbocycles. The van der Waals surface area contributed by atoms with E-state index in [2.05, 4.69) is 10.2 Å². The summed E-state index contributed by atoms with van der Waals surface area (Å²) in [6.45, 7) is 4.20. The van der Waals surface area contributed by atoms with Gasteiger partial charge in [-0.25, -0.2) is 4.39 Å². The monoisotopic (exact) mass is 404 g/mol. The smallest absolute Gasteiger partial charge is 0.220 e. The maximum atomic E-state index is 14.6. The van der Waals surface area contributed by atoms with Crippen molar-refractivity contribution in [2.45, 2.75) is 31.9 Å². The number of hydrogen-bond acceptors (Lipinski definition) is 3. The average Bonchev–Trinajstić information content (AvgIpc) is 2.69. The number of nitrogens with one attached hydrogen (secondary N) is 1. The van der Waals surface area contributed by atoms with Crippen molar-refractivity contribution in [3.05, 3.63) is 70.5 Å². The third kappa shape index (κ3) is 5.53. The Morgan fingerprint density at radius 1 is 1.29 bits per heavy atom. The zero-order chi connectivity index (χ0) is 19.9. The van der Waals surface area contributed by atoms with Crippen molar-refractivity contribution in [3.63, 3.8) is 0 Å². The second-order valence-corrected chi connectivity index (χ2v) is 7.52.